The molecule has 0 saturated heterocycles. The molecule has 4 rings (SSSR count). The van der Waals surface area contributed by atoms with Crippen molar-refractivity contribution in [3.05, 3.63) is 88.1 Å². The van der Waals surface area contributed by atoms with Gasteiger partial charge in [-0.15, -0.1) is 0 Å². The van der Waals surface area contributed by atoms with Gasteiger partial charge in [-0.05, 0) is 37.6 Å². The third-order valence-corrected chi connectivity index (χ3v) is 5.45. The zero-order chi connectivity index (χ0) is 19.5. The van der Waals surface area contributed by atoms with Crippen molar-refractivity contribution < 1.29 is 0 Å². The van der Waals surface area contributed by atoms with E-state index in [4.69, 9.17) is 16.7 Å². The number of aryl methyl sites for hydroxylation is 1. The van der Waals surface area contributed by atoms with Gasteiger partial charge < -0.3 is 9.72 Å². The van der Waals surface area contributed by atoms with Crippen LogP contribution in [0.4, 0.5) is 0 Å². The molecular weight excluding hydrogens is 370 g/mol. The smallest absolute Gasteiger partial charge is 0.136 e. The summed E-state index contributed by atoms with van der Waals surface area (Å²) in [6, 6.07) is 14.0. The summed E-state index contributed by atoms with van der Waals surface area (Å²) in [5.41, 5.74) is 6.66. The van der Waals surface area contributed by atoms with E-state index in [9.17, 15) is 0 Å². The van der Waals surface area contributed by atoms with Crippen LogP contribution in [0.25, 0.3) is 5.65 Å². The van der Waals surface area contributed by atoms with Crippen molar-refractivity contribution in [2.24, 2.45) is 0 Å². The summed E-state index contributed by atoms with van der Waals surface area (Å²) in [5, 5.41) is 9.03. The molecule has 0 unspecified atom stereocenters. The van der Waals surface area contributed by atoms with Gasteiger partial charge >= 0.3 is 0 Å². The molecular formula is C22H24ClN5. The van der Waals surface area contributed by atoms with Crippen molar-refractivity contribution >= 4 is 17.2 Å². The zero-order valence-corrected chi connectivity index (χ0v) is 16.9. The fourth-order valence-electron chi connectivity index (χ4n) is 3.47. The van der Waals surface area contributed by atoms with Gasteiger partial charge in [0, 0.05) is 48.2 Å². The molecule has 0 atom stereocenters. The first kappa shape index (κ1) is 18.7. The zero-order valence-electron chi connectivity index (χ0n) is 16.2. The largest absolute Gasteiger partial charge is 0.312 e. The van der Waals surface area contributed by atoms with E-state index in [0.29, 0.717) is 6.54 Å². The lowest BCUT2D eigenvalue weighted by atomic mass is 10.2. The first-order chi connectivity index (χ1) is 13.6. The summed E-state index contributed by atoms with van der Waals surface area (Å²) in [6.07, 6.45) is 5.02. The maximum Gasteiger partial charge on any atom is 0.136 e. The predicted octanol–water partition coefficient (Wildman–Crippen LogP) is 4.18. The number of hydrogen-bond acceptors (Lipinski definition) is 3. The van der Waals surface area contributed by atoms with Crippen molar-refractivity contribution in [1.82, 2.24) is 24.5 Å². The lowest BCUT2D eigenvalue weighted by molar-refractivity contribution is 0.651. The van der Waals surface area contributed by atoms with E-state index in [1.807, 2.05) is 53.3 Å². The molecule has 0 spiro atoms. The Bertz CT molecular complexity index is 1060. The highest BCUT2D eigenvalue weighted by molar-refractivity contribution is 6.31. The number of hydrogen-bond donors (Lipinski definition) is 1. The third kappa shape index (κ3) is 3.96. The van der Waals surface area contributed by atoms with Gasteiger partial charge in [-0.2, -0.15) is 5.10 Å². The third-order valence-electron chi connectivity index (χ3n) is 5.08. The maximum atomic E-state index is 6.30. The molecule has 1 N–H and O–H groups in total. The van der Waals surface area contributed by atoms with E-state index in [2.05, 4.69) is 34.7 Å². The second-order valence-corrected chi connectivity index (χ2v) is 7.43. The Morgan fingerprint density at radius 2 is 1.89 bits per heavy atom. The molecule has 5 nitrogen and oxygen atoms in total. The molecule has 3 heterocycles. The molecule has 0 amide bonds. The van der Waals surface area contributed by atoms with Crippen molar-refractivity contribution in [2.75, 3.05) is 6.54 Å². The molecule has 0 saturated carbocycles. The van der Waals surface area contributed by atoms with Crippen LogP contribution in [0.3, 0.4) is 0 Å². The van der Waals surface area contributed by atoms with E-state index in [-0.39, 0.29) is 0 Å². The second-order valence-electron chi connectivity index (χ2n) is 7.02. The first-order valence-corrected chi connectivity index (χ1v) is 9.89. The van der Waals surface area contributed by atoms with Crippen LogP contribution in [0.2, 0.25) is 5.02 Å². The lowest BCUT2D eigenvalue weighted by Crippen LogP contribution is -2.18. The van der Waals surface area contributed by atoms with Crippen molar-refractivity contribution in [3.63, 3.8) is 0 Å². The van der Waals surface area contributed by atoms with E-state index >= 15 is 0 Å². The summed E-state index contributed by atoms with van der Waals surface area (Å²) >= 11 is 6.30. The molecule has 1 aromatic carbocycles. The SMILES string of the molecule is Cc1nn(Cc2ccccc2Cl)c(C)c1CNCCc1cn2ccccc2n1. The van der Waals surface area contributed by atoms with Gasteiger partial charge in [0.05, 0.1) is 17.9 Å². The highest BCUT2D eigenvalue weighted by atomic mass is 35.5. The normalized spacial score (nSPS) is 11.4. The van der Waals surface area contributed by atoms with E-state index in [1.165, 1.54) is 11.3 Å². The molecule has 144 valence electrons. The van der Waals surface area contributed by atoms with Gasteiger partial charge in [0.1, 0.15) is 5.65 Å². The highest BCUT2D eigenvalue weighted by Crippen LogP contribution is 2.19. The van der Waals surface area contributed by atoms with Crippen molar-refractivity contribution in [2.45, 2.75) is 33.4 Å². The maximum absolute atomic E-state index is 6.30. The van der Waals surface area contributed by atoms with Crippen LogP contribution in [-0.4, -0.2) is 25.7 Å². The van der Waals surface area contributed by atoms with Crippen LogP contribution in [0.5, 0.6) is 0 Å². The van der Waals surface area contributed by atoms with Crippen LogP contribution in [-0.2, 0) is 19.5 Å². The predicted molar refractivity (Wildman–Crippen MR) is 113 cm³/mol. The van der Waals surface area contributed by atoms with Crippen LogP contribution >= 0.6 is 11.6 Å². The average Bonchev–Trinajstić information content (AvgIpc) is 3.22. The summed E-state index contributed by atoms with van der Waals surface area (Å²) in [7, 11) is 0. The Hall–Kier alpha value is -2.63. The summed E-state index contributed by atoms with van der Waals surface area (Å²) < 4.78 is 4.10. The first-order valence-electron chi connectivity index (χ1n) is 9.51. The molecule has 3 aromatic heterocycles. The highest BCUT2D eigenvalue weighted by Gasteiger charge is 2.12. The van der Waals surface area contributed by atoms with Crippen LogP contribution in [0.15, 0.2) is 54.9 Å². The summed E-state index contributed by atoms with van der Waals surface area (Å²) in [4.78, 5) is 4.65. The minimum atomic E-state index is 0.688. The van der Waals surface area contributed by atoms with Crippen LogP contribution < -0.4 is 5.32 Å². The quantitative estimate of drug-likeness (QED) is 0.479. The lowest BCUT2D eigenvalue weighted by Gasteiger charge is -2.08. The standard InChI is InChI=1S/C22H24ClN5/c1-16-20(17(2)28(26-16)14-18-7-3-4-8-21(18)23)13-24-11-10-19-15-27-12-6-5-9-22(27)25-19/h3-9,12,15,24H,10-11,13-14H2,1-2H3. The Morgan fingerprint density at radius 1 is 1.07 bits per heavy atom. The van der Waals surface area contributed by atoms with E-state index < -0.39 is 0 Å². The molecule has 0 radical (unpaired) electrons. The number of nitrogens with zero attached hydrogens (tertiary/aromatic N) is 4. The Kier molecular flexibility index (Phi) is 5.46. The van der Waals surface area contributed by atoms with Gasteiger partial charge in [-0.3, -0.25) is 4.68 Å². The number of halogens is 1. The van der Waals surface area contributed by atoms with E-state index in [1.54, 1.807) is 0 Å². The Labute approximate surface area is 170 Å². The van der Waals surface area contributed by atoms with Gasteiger partial charge in [0.25, 0.3) is 0 Å². The number of imidazole rings is 1. The van der Waals surface area contributed by atoms with Crippen LogP contribution in [0.1, 0.15) is 28.2 Å². The second kappa shape index (κ2) is 8.17. The number of pyridine rings is 1. The number of fused-ring (bicyclic) bond motifs is 1. The topological polar surface area (TPSA) is 47.2 Å². The minimum absolute atomic E-state index is 0.688. The number of benzene rings is 1. The molecule has 0 aliphatic rings. The monoisotopic (exact) mass is 393 g/mol. The van der Waals surface area contributed by atoms with Gasteiger partial charge in [0.15, 0.2) is 0 Å². The average molecular weight is 394 g/mol. The van der Waals surface area contributed by atoms with Crippen molar-refractivity contribution in [1.29, 1.82) is 0 Å². The summed E-state index contributed by atoms with van der Waals surface area (Å²) in [6.45, 7) is 6.55. The minimum Gasteiger partial charge on any atom is -0.312 e. The number of rotatable bonds is 7. The fraction of sp³-hybridized carbons (Fsp3) is 0.273. The van der Waals surface area contributed by atoms with E-state index in [0.717, 1.165) is 47.1 Å². The number of nitrogens with one attached hydrogen (secondary N) is 1. The van der Waals surface area contributed by atoms with Crippen LogP contribution in [0, 0.1) is 13.8 Å². The molecule has 6 heteroatoms. The summed E-state index contributed by atoms with van der Waals surface area (Å²) in [5.74, 6) is 0. The molecule has 0 fully saturated rings. The Balaban J connectivity index is 1.37. The molecule has 0 aliphatic carbocycles. The molecule has 0 bridgehead atoms. The molecule has 0 aliphatic heterocycles. The molecule has 28 heavy (non-hydrogen) atoms. The fourth-order valence-corrected chi connectivity index (χ4v) is 3.66. The van der Waals surface area contributed by atoms with Crippen molar-refractivity contribution in [3.8, 4) is 0 Å². The molecule has 4 aromatic rings. The Morgan fingerprint density at radius 3 is 2.71 bits per heavy atom. The van der Waals surface area contributed by atoms with Gasteiger partial charge in [-0.1, -0.05) is 35.9 Å². The van der Waals surface area contributed by atoms with Gasteiger partial charge in [-0.25, -0.2) is 4.98 Å². The van der Waals surface area contributed by atoms with Gasteiger partial charge in [0.2, 0.25) is 0 Å². The number of aromatic nitrogens is 4.